The second-order valence-electron chi connectivity index (χ2n) is 7.13. The first-order valence-corrected chi connectivity index (χ1v) is 11.7. The van der Waals surface area contributed by atoms with E-state index in [1.54, 1.807) is 24.9 Å². The van der Waals surface area contributed by atoms with Crippen molar-refractivity contribution in [2.24, 2.45) is 7.05 Å². The molecule has 9 heteroatoms. The van der Waals surface area contributed by atoms with Gasteiger partial charge in [-0.1, -0.05) is 0 Å². The molecule has 2 aromatic rings. The molecule has 150 valence electrons. The number of carbonyl (C=O) groups is 1. The lowest BCUT2D eigenvalue weighted by atomic mass is 10.0. The zero-order valence-electron chi connectivity index (χ0n) is 15.5. The number of sulfonamides is 1. The van der Waals surface area contributed by atoms with Gasteiger partial charge in [-0.05, 0) is 49.1 Å². The standard InChI is InChI=1S/C19H22FN3O3S2/c1-22-12-14(28(25,26)23-7-2-3-8-23)11-17(22)19(24)21-16-6-9-27-18-5-4-13(20)10-15(16)18/h4-5,10-12,16H,2-3,6-9H2,1H3,(H,21,24)/t16-/m0/s1. The molecule has 1 fully saturated rings. The van der Waals surface area contributed by atoms with Crippen molar-refractivity contribution >= 4 is 27.7 Å². The van der Waals surface area contributed by atoms with Gasteiger partial charge >= 0.3 is 0 Å². The average molecular weight is 424 g/mol. The molecule has 0 radical (unpaired) electrons. The molecule has 1 aromatic carbocycles. The van der Waals surface area contributed by atoms with Crippen molar-refractivity contribution in [3.05, 3.63) is 47.5 Å². The van der Waals surface area contributed by atoms with Crippen LogP contribution in [-0.4, -0.2) is 42.0 Å². The normalized spacial score (nSPS) is 20.1. The largest absolute Gasteiger partial charge is 0.345 e. The van der Waals surface area contributed by atoms with Crippen LogP contribution in [-0.2, 0) is 17.1 Å². The number of carbonyl (C=O) groups excluding carboxylic acids is 1. The minimum Gasteiger partial charge on any atom is -0.345 e. The molecule has 3 heterocycles. The summed E-state index contributed by atoms with van der Waals surface area (Å²) in [6.07, 6.45) is 3.88. The Kier molecular flexibility index (Phi) is 5.24. The zero-order chi connectivity index (χ0) is 19.9. The SMILES string of the molecule is Cn1cc(S(=O)(=O)N2CCCC2)cc1C(=O)N[C@H]1CCSc2ccc(F)cc21. The number of rotatable bonds is 4. The van der Waals surface area contributed by atoms with Gasteiger partial charge in [-0.3, -0.25) is 4.79 Å². The predicted octanol–water partition coefficient (Wildman–Crippen LogP) is 2.92. The van der Waals surface area contributed by atoms with Crippen LogP contribution < -0.4 is 5.32 Å². The average Bonchev–Trinajstić information content (AvgIpc) is 3.32. The number of hydrogen-bond donors (Lipinski definition) is 1. The summed E-state index contributed by atoms with van der Waals surface area (Å²) in [6.45, 7) is 1.03. The highest BCUT2D eigenvalue weighted by Crippen LogP contribution is 2.36. The van der Waals surface area contributed by atoms with Crippen LogP contribution in [0.4, 0.5) is 4.39 Å². The number of halogens is 1. The maximum absolute atomic E-state index is 13.7. The molecule has 1 atom stereocenters. The quantitative estimate of drug-likeness (QED) is 0.821. The number of hydrogen-bond acceptors (Lipinski definition) is 4. The van der Waals surface area contributed by atoms with Crippen molar-refractivity contribution in [2.75, 3.05) is 18.8 Å². The van der Waals surface area contributed by atoms with Crippen LogP contribution in [0.15, 0.2) is 40.3 Å². The summed E-state index contributed by atoms with van der Waals surface area (Å²) in [5.74, 6) is 0.126. The molecule has 0 unspecified atom stereocenters. The maximum Gasteiger partial charge on any atom is 0.268 e. The van der Waals surface area contributed by atoms with Crippen LogP contribution in [0, 0.1) is 5.82 Å². The molecule has 1 amide bonds. The van der Waals surface area contributed by atoms with Gasteiger partial charge in [-0.15, -0.1) is 11.8 Å². The molecule has 1 saturated heterocycles. The monoisotopic (exact) mass is 423 g/mol. The molecular formula is C19H22FN3O3S2. The Morgan fingerprint density at radius 1 is 1.25 bits per heavy atom. The third-order valence-corrected chi connectivity index (χ3v) is 8.22. The van der Waals surface area contributed by atoms with Crippen molar-refractivity contribution in [2.45, 2.75) is 35.1 Å². The number of aryl methyl sites for hydroxylation is 1. The molecule has 1 N–H and O–H groups in total. The highest BCUT2D eigenvalue weighted by Gasteiger charge is 2.30. The second-order valence-corrected chi connectivity index (χ2v) is 10.2. The smallest absolute Gasteiger partial charge is 0.268 e. The van der Waals surface area contributed by atoms with Crippen LogP contribution in [0.25, 0.3) is 0 Å². The molecule has 2 aliphatic heterocycles. The number of nitrogens with one attached hydrogen (secondary N) is 1. The van der Waals surface area contributed by atoms with Gasteiger partial charge in [0.15, 0.2) is 0 Å². The summed E-state index contributed by atoms with van der Waals surface area (Å²) < 4.78 is 42.2. The molecule has 0 saturated carbocycles. The van der Waals surface area contributed by atoms with Crippen LogP contribution in [0.3, 0.4) is 0 Å². The van der Waals surface area contributed by atoms with Gasteiger partial charge in [0.1, 0.15) is 16.4 Å². The van der Waals surface area contributed by atoms with Crippen molar-refractivity contribution in [1.82, 2.24) is 14.2 Å². The van der Waals surface area contributed by atoms with E-state index >= 15 is 0 Å². The third-order valence-electron chi connectivity index (χ3n) is 5.23. The lowest BCUT2D eigenvalue weighted by Gasteiger charge is -2.26. The molecule has 2 aliphatic rings. The van der Waals surface area contributed by atoms with Gasteiger partial charge in [0.2, 0.25) is 10.0 Å². The second kappa shape index (κ2) is 7.53. The molecule has 0 aliphatic carbocycles. The minimum atomic E-state index is -3.58. The number of amides is 1. The van der Waals surface area contributed by atoms with E-state index in [1.807, 2.05) is 0 Å². The van der Waals surface area contributed by atoms with Crippen LogP contribution in [0.2, 0.25) is 0 Å². The molecule has 4 rings (SSSR count). The molecular weight excluding hydrogens is 401 g/mol. The first-order chi connectivity index (χ1) is 13.4. The summed E-state index contributed by atoms with van der Waals surface area (Å²) in [7, 11) is -1.93. The van der Waals surface area contributed by atoms with Gasteiger partial charge in [0, 0.05) is 37.0 Å². The highest BCUT2D eigenvalue weighted by atomic mass is 32.2. The third kappa shape index (κ3) is 3.58. The Labute approximate surface area is 168 Å². The Morgan fingerprint density at radius 3 is 2.75 bits per heavy atom. The van der Waals surface area contributed by atoms with Gasteiger partial charge < -0.3 is 9.88 Å². The Hall–Kier alpha value is -1.84. The topological polar surface area (TPSA) is 71.4 Å². The first kappa shape index (κ1) is 19.5. The van der Waals surface area contributed by atoms with E-state index in [-0.39, 0.29) is 28.4 Å². The van der Waals surface area contributed by atoms with Gasteiger partial charge in [0.05, 0.1) is 6.04 Å². The Balaban J connectivity index is 1.57. The molecule has 28 heavy (non-hydrogen) atoms. The van der Waals surface area contributed by atoms with Crippen molar-refractivity contribution < 1.29 is 17.6 Å². The molecule has 1 aromatic heterocycles. The number of nitrogens with zero attached hydrogens (tertiary/aromatic N) is 2. The van der Waals surface area contributed by atoms with E-state index < -0.39 is 10.0 Å². The van der Waals surface area contributed by atoms with Crippen LogP contribution in [0.1, 0.15) is 41.4 Å². The number of fused-ring (bicyclic) bond motifs is 1. The fourth-order valence-electron chi connectivity index (χ4n) is 3.73. The van der Waals surface area contributed by atoms with Crippen molar-refractivity contribution in [1.29, 1.82) is 0 Å². The van der Waals surface area contributed by atoms with E-state index in [0.29, 0.717) is 19.5 Å². The molecule has 6 nitrogen and oxygen atoms in total. The lowest BCUT2D eigenvalue weighted by Crippen LogP contribution is -2.31. The van der Waals surface area contributed by atoms with Crippen molar-refractivity contribution in [3.63, 3.8) is 0 Å². The number of benzene rings is 1. The summed E-state index contributed by atoms with van der Waals surface area (Å²) in [5.41, 5.74) is 1.04. The van der Waals surface area contributed by atoms with Crippen LogP contribution >= 0.6 is 11.8 Å². The molecule has 0 bridgehead atoms. The summed E-state index contributed by atoms with van der Waals surface area (Å²) in [4.78, 5) is 13.9. The number of aromatic nitrogens is 1. The van der Waals surface area contributed by atoms with E-state index in [9.17, 15) is 17.6 Å². The summed E-state index contributed by atoms with van der Waals surface area (Å²) in [5, 5.41) is 2.95. The van der Waals surface area contributed by atoms with E-state index in [1.165, 1.54) is 33.3 Å². The van der Waals surface area contributed by atoms with E-state index in [2.05, 4.69) is 5.32 Å². The zero-order valence-corrected chi connectivity index (χ0v) is 17.2. The maximum atomic E-state index is 13.7. The van der Waals surface area contributed by atoms with E-state index in [0.717, 1.165) is 29.1 Å². The lowest BCUT2D eigenvalue weighted by molar-refractivity contribution is 0.0926. The minimum absolute atomic E-state index is 0.132. The predicted molar refractivity (Wildman–Crippen MR) is 105 cm³/mol. The fraction of sp³-hybridized carbons (Fsp3) is 0.421. The van der Waals surface area contributed by atoms with E-state index in [4.69, 9.17) is 0 Å². The van der Waals surface area contributed by atoms with Gasteiger partial charge in [0.25, 0.3) is 5.91 Å². The van der Waals surface area contributed by atoms with Gasteiger partial charge in [-0.25, -0.2) is 12.8 Å². The summed E-state index contributed by atoms with van der Waals surface area (Å²) >= 11 is 1.64. The van der Waals surface area contributed by atoms with Crippen LogP contribution in [0.5, 0.6) is 0 Å². The fourth-order valence-corrected chi connectivity index (χ4v) is 6.42. The summed E-state index contributed by atoms with van der Waals surface area (Å²) in [6, 6.07) is 5.74. The molecule has 0 spiro atoms. The number of thioether (sulfide) groups is 1. The van der Waals surface area contributed by atoms with Crippen molar-refractivity contribution in [3.8, 4) is 0 Å². The highest BCUT2D eigenvalue weighted by molar-refractivity contribution is 7.99. The Morgan fingerprint density at radius 2 is 2.00 bits per heavy atom. The Bertz CT molecular complexity index is 1010. The first-order valence-electron chi connectivity index (χ1n) is 9.26. The van der Waals surface area contributed by atoms with Gasteiger partial charge in [-0.2, -0.15) is 4.31 Å².